The van der Waals surface area contributed by atoms with Crippen LogP contribution in [0.2, 0.25) is 0 Å². The maximum Gasteiger partial charge on any atom is 0.284 e. The number of aliphatic imine (C=N–C) groups is 2. The van der Waals surface area contributed by atoms with Crippen LogP contribution in [0.5, 0.6) is 11.5 Å². The highest BCUT2D eigenvalue weighted by Gasteiger charge is 2.54. The number of guanidine groups is 1. The number of quaternary nitrogens is 1. The fraction of sp³-hybridized carbons (Fsp3) is 0.351. The molecule has 0 aromatic heterocycles. The summed E-state index contributed by atoms with van der Waals surface area (Å²) in [5, 5.41) is 66.7. The lowest BCUT2D eigenvalue weighted by Crippen LogP contribution is -3.09. The molecule has 0 spiro atoms. The van der Waals surface area contributed by atoms with Crippen molar-refractivity contribution in [1.29, 1.82) is 5.41 Å². The summed E-state index contributed by atoms with van der Waals surface area (Å²) >= 11 is 0. The summed E-state index contributed by atoms with van der Waals surface area (Å²) < 4.78 is 12.2. The second-order valence-corrected chi connectivity index (χ2v) is 13.8. The van der Waals surface area contributed by atoms with Crippen LogP contribution < -0.4 is 15.0 Å². The monoisotopic (exact) mass is 710 g/mol. The molecule has 52 heavy (non-hydrogen) atoms. The predicted molar refractivity (Wildman–Crippen MR) is 182 cm³/mol. The summed E-state index contributed by atoms with van der Waals surface area (Å²) in [6.07, 6.45) is -5.66. The molecule has 1 saturated heterocycles. The van der Waals surface area contributed by atoms with Crippen LogP contribution in [0, 0.1) is 5.41 Å². The minimum atomic E-state index is -1.84. The number of nitrogens with one attached hydrogen (secondary N) is 3. The van der Waals surface area contributed by atoms with Crippen molar-refractivity contribution < 1.29 is 54.3 Å². The maximum atomic E-state index is 13.8. The Hall–Kier alpha value is -5.16. The molecule has 0 radical (unpaired) electrons. The number of aliphatic hydroxyl groups excluding tert-OH is 3. The predicted octanol–water partition coefficient (Wildman–Crippen LogP) is 0.0316. The number of nitrogens with zero attached hydrogens (tertiary/aromatic N) is 2. The first kappa shape index (κ1) is 34.0. The first-order chi connectivity index (χ1) is 25.0. The number of ether oxygens (including phenoxy) is 2. The van der Waals surface area contributed by atoms with Crippen molar-refractivity contribution in [2.45, 2.75) is 74.8 Å². The zero-order valence-electron chi connectivity index (χ0n) is 27.7. The van der Waals surface area contributed by atoms with Gasteiger partial charge in [-0.15, -0.1) is 0 Å². The number of amidine groups is 1. The lowest BCUT2D eigenvalue weighted by molar-refractivity contribution is -0.723. The van der Waals surface area contributed by atoms with Crippen molar-refractivity contribution in [2.24, 2.45) is 9.98 Å². The van der Waals surface area contributed by atoms with Crippen molar-refractivity contribution >= 4 is 40.7 Å². The van der Waals surface area contributed by atoms with Gasteiger partial charge < -0.3 is 35.0 Å². The van der Waals surface area contributed by atoms with E-state index in [1.807, 2.05) is 0 Å². The molecular formula is C37H36N5O10+. The van der Waals surface area contributed by atoms with E-state index < -0.39 is 59.5 Å². The van der Waals surface area contributed by atoms with Gasteiger partial charge in [0.05, 0.1) is 11.2 Å². The molecule has 6 atom stereocenters. The smallest absolute Gasteiger partial charge is 0.284 e. The topological polar surface area (TPSA) is 236 Å². The number of hydrogen-bond acceptors (Lipinski definition) is 12. The van der Waals surface area contributed by atoms with E-state index in [4.69, 9.17) is 14.9 Å². The Morgan fingerprint density at radius 1 is 0.904 bits per heavy atom. The van der Waals surface area contributed by atoms with Gasteiger partial charge in [0.1, 0.15) is 30.1 Å². The van der Waals surface area contributed by atoms with E-state index in [0.717, 1.165) is 6.42 Å². The van der Waals surface area contributed by atoms with Crippen molar-refractivity contribution in [3.05, 3.63) is 88.0 Å². The van der Waals surface area contributed by atoms with E-state index in [1.165, 1.54) is 18.2 Å². The van der Waals surface area contributed by atoms with Gasteiger partial charge in [-0.1, -0.05) is 61.7 Å². The number of carbonyl (C=O) groups is 3. The average molecular weight is 711 g/mol. The molecule has 3 heterocycles. The quantitative estimate of drug-likeness (QED) is 0.134. The number of aliphatic hydroxyl groups is 4. The van der Waals surface area contributed by atoms with Crippen molar-refractivity contribution in [2.75, 3.05) is 6.67 Å². The van der Waals surface area contributed by atoms with Crippen LogP contribution in [0.25, 0.3) is 0 Å². The van der Waals surface area contributed by atoms with E-state index in [2.05, 4.69) is 15.3 Å². The summed E-state index contributed by atoms with van der Waals surface area (Å²) in [6, 6.07) is 14.8. The van der Waals surface area contributed by atoms with Crippen molar-refractivity contribution in [1.82, 2.24) is 5.32 Å². The van der Waals surface area contributed by atoms with E-state index in [-0.39, 0.29) is 77.0 Å². The summed E-state index contributed by atoms with van der Waals surface area (Å²) in [6.45, 7) is 0.0983. The van der Waals surface area contributed by atoms with Gasteiger partial charge in [-0.05, 0) is 25.0 Å². The number of amides is 1. The molecule has 1 amide bonds. The molecule has 1 unspecified atom stereocenters. The van der Waals surface area contributed by atoms with Crippen molar-refractivity contribution in [3.8, 4) is 11.5 Å². The van der Waals surface area contributed by atoms with E-state index in [0.29, 0.717) is 29.0 Å². The number of aromatic hydroxyl groups is 1. The van der Waals surface area contributed by atoms with Crippen LogP contribution in [0.15, 0.2) is 64.6 Å². The van der Waals surface area contributed by atoms with Gasteiger partial charge in [-0.25, -0.2) is 9.89 Å². The third kappa shape index (κ3) is 5.44. The zero-order chi connectivity index (χ0) is 36.5. The molecule has 3 aliphatic heterocycles. The second-order valence-electron chi connectivity index (χ2n) is 13.8. The number of phenols is 1. The Bertz CT molecular complexity index is 2110. The zero-order valence-corrected chi connectivity index (χ0v) is 27.7. The normalized spacial score (nSPS) is 27.9. The molecule has 8 N–H and O–H groups in total. The number of rotatable bonds is 6. The van der Waals surface area contributed by atoms with Gasteiger partial charge in [0.2, 0.25) is 18.0 Å². The van der Waals surface area contributed by atoms with Crippen LogP contribution in [0.1, 0.15) is 75.1 Å². The minimum Gasteiger partial charge on any atom is -0.504 e. The molecule has 268 valence electrons. The Morgan fingerprint density at radius 3 is 2.35 bits per heavy atom. The minimum absolute atomic E-state index is 0.0351. The molecule has 5 aliphatic rings. The fourth-order valence-electron chi connectivity index (χ4n) is 7.93. The lowest BCUT2D eigenvalue weighted by atomic mass is 9.76. The Kier molecular flexibility index (Phi) is 8.36. The molecule has 0 bridgehead atoms. The molecule has 15 heteroatoms. The van der Waals surface area contributed by atoms with Crippen LogP contribution >= 0.6 is 0 Å². The van der Waals surface area contributed by atoms with Crippen molar-refractivity contribution in [3.63, 3.8) is 0 Å². The van der Waals surface area contributed by atoms with Crippen LogP contribution in [-0.2, 0) is 16.0 Å². The number of para-hydroxylation sites is 1. The molecule has 3 aromatic carbocycles. The van der Waals surface area contributed by atoms with E-state index >= 15 is 0 Å². The summed E-state index contributed by atoms with van der Waals surface area (Å²) in [4.78, 5) is 49.4. The number of benzene rings is 3. The Balaban J connectivity index is 1.23. The second kappa shape index (κ2) is 12.8. The van der Waals surface area contributed by atoms with Crippen LogP contribution in [0.3, 0.4) is 0 Å². The molecule has 2 fully saturated rings. The first-order valence-electron chi connectivity index (χ1n) is 17.1. The van der Waals surface area contributed by atoms with Gasteiger partial charge in [-0.2, -0.15) is 4.99 Å². The third-order valence-corrected chi connectivity index (χ3v) is 10.6. The highest BCUT2D eigenvalue weighted by atomic mass is 16.7. The van der Waals surface area contributed by atoms with Gasteiger partial charge in [0.15, 0.2) is 29.7 Å². The first-order valence-corrected chi connectivity index (χ1v) is 17.1. The number of fused-ring (bicyclic) bond motifs is 3. The van der Waals surface area contributed by atoms with Crippen LogP contribution in [-0.4, -0.2) is 103 Å². The Labute approximate surface area is 296 Å². The van der Waals surface area contributed by atoms with Gasteiger partial charge in [0, 0.05) is 34.2 Å². The number of ketones is 2. The third-order valence-electron chi connectivity index (χ3n) is 10.6. The molecule has 2 aliphatic carbocycles. The lowest BCUT2D eigenvalue weighted by Gasteiger charge is -2.48. The number of carbonyl (C=O) groups excluding carboxylic acids is 3. The van der Waals surface area contributed by atoms with E-state index in [9.17, 15) is 39.9 Å². The van der Waals surface area contributed by atoms with Gasteiger partial charge in [0.25, 0.3) is 11.7 Å². The van der Waals surface area contributed by atoms with E-state index in [1.54, 1.807) is 36.4 Å². The molecule has 1 saturated carbocycles. The molecular weight excluding hydrogens is 674 g/mol. The highest BCUT2D eigenvalue weighted by molar-refractivity contribution is 6.68. The largest absolute Gasteiger partial charge is 0.504 e. The summed E-state index contributed by atoms with van der Waals surface area (Å²) in [5.41, 5.74) is -0.141. The van der Waals surface area contributed by atoms with Crippen LogP contribution in [0.4, 0.5) is 5.69 Å². The molecule has 8 rings (SSSR count). The summed E-state index contributed by atoms with van der Waals surface area (Å²) in [7, 11) is 0. The SMILES string of the molecule is N=C1N=C2C(=NC[NH+]2c2ccccc2Cc2cc3c(c(O)c2O[C@H]2O[C@@H](C4(O)CCCCC4)[C@H](O)[C@@H](O)[C@@H]2O)C(=O)c2ccccc2C3=O)C(=O)N1. The fourth-order valence-corrected chi connectivity index (χ4v) is 7.93. The van der Waals surface area contributed by atoms with Gasteiger partial charge in [-0.3, -0.25) is 25.1 Å². The Morgan fingerprint density at radius 2 is 1.60 bits per heavy atom. The standard InChI is InChI=1S/C37H35N5O10/c38-36-40-33-24(34(49)41-36)39-16-42(33)22-11-5-2-8-17(22)14-18-15-21-23(26(44)20-10-4-3-9-19(20)25(21)43)27(45)31(18)51-35-30(48)28(46)29(47)32(52-35)37(50)12-6-1-7-13-37/h2-5,8-11,15,28-30,32,35,45-48,50H,1,6-7,12-14,16H2,(H2,38,41,49)/p+1/t28-,29-,30+,32-,35+/m1/s1. The number of phenolic OH excluding ortho intramolecular Hbond substituents is 1. The maximum absolute atomic E-state index is 13.8. The van der Waals surface area contributed by atoms with Gasteiger partial charge >= 0.3 is 0 Å². The number of hydrogen-bond donors (Lipinski definition) is 8. The average Bonchev–Trinajstić information content (AvgIpc) is 3.56. The highest BCUT2D eigenvalue weighted by Crippen LogP contribution is 2.45. The summed E-state index contributed by atoms with van der Waals surface area (Å²) in [5.74, 6) is -2.76. The molecule has 3 aromatic rings. The molecule has 15 nitrogen and oxygen atoms in total.